The number of rotatable bonds is 4. The maximum absolute atomic E-state index is 11.0. The molecular formula is C13H17NO. The zero-order valence-corrected chi connectivity index (χ0v) is 9.29. The van der Waals surface area contributed by atoms with Gasteiger partial charge in [-0.1, -0.05) is 42.5 Å². The summed E-state index contributed by atoms with van der Waals surface area (Å²) in [4.78, 5) is 11.0. The van der Waals surface area contributed by atoms with E-state index in [9.17, 15) is 4.79 Å². The third-order valence-corrected chi connectivity index (χ3v) is 2.26. The summed E-state index contributed by atoms with van der Waals surface area (Å²) in [6.45, 7) is 7.35. The van der Waals surface area contributed by atoms with Crippen molar-refractivity contribution in [2.45, 2.75) is 26.3 Å². The van der Waals surface area contributed by atoms with Gasteiger partial charge in [0.1, 0.15) is 0 Å². The van der Waals surface area contributed by atoms with Crippen LogP contribution in [0.25, 0.3) is 0 Å². The van der Waals surface area contributed by atoms with Crippen LogP contribution in [0, 0.1) is 0 Å². The summed E-state index contributed by atoms with van der Waals surface area (Å²) in [5.74, 6) is -0.0149. The predicted octanol–water partition coefficient (Wildman–Crippen LogP) is 2.31. The van der Waals surface area contributed by atoms with Crippen LogP contribution in [-0.4, -0.2) is 11.9 Å². The number of amides is 1. The molecule has 1 aromatic rings. The van der Waals surface area contributed by atoms with Gasteiger partial charge in [-0.05, 0) is 18.9 Å². The summed E-state index contributed by atoms with van der Waals surface area (Å²) in [5, 5.41) is 2.89. The Labute approximate surface area is 91.0 Å². The summed E-state index contributed by atoms with van der Waals surface area (Å²) in [5.41, 5.74) is 2.19. The van der Waals surface area contributed by atoms with Gasteiger partial charge in [-0.15, -0.1) is 0 Å². The summed E-state index contributed by atoms with van der Waals surface area (Å²) in [6, 6.07) is 10.1. The summed E-state index contributed by atoms with van der Waals surface area (Å²) >= 11 is 0. The second kappa shape index (κ2) is 5.35. The number of carbonyl (C=O) groups is 1. The van der Waals surface area contributed by atoms with Gasteiger partial charge < -0.3 is 5.32 Å². The van der Waals surface area contributed by atoms with Crippen molar-refractivity contribution in [1.82, 2.24) is 5.32 Å². The molecule has 1 amide bonds. The van der Waals surface area contributed by atoms with Crippen LogP contribution in [-0.2, 0) is 11.2 Å². The van der Waals surface area contributed by atoms with E-state index in [1.807, 2.05) is 25.1 Å². The van der Waals surface area contributed by atoms with Crippen molar-refractivity contribution < 1.29 is 4.79 Å². The zero-order chi connectivity index (χ0) is 11.3. The van der Waals surface area contributed by atoms with E-state index < -0.39 is 0 Å². The van der Waals surface area contributed by atoms with Crippen molar-refractivity contribution in [3.05, 3.63) is 48.0 Å². The van der Waals surface area contributed by atoms with Crippen molar-refractivity contribution in [1.29, 1.82) is 0 Å². The highest BCUT2D eigenvalue weighted by Crippen LogP contribution is 2.08. The van der Waals surface area contributed by atoms with Gasteiger partial charge in [0.05, 0.1) is 6.04 Å². The molecular weight excluding hydrogens is 186 g/mol. The Hall–Kier alpha value is -1.57. The molecule has 0 aromatic heterocycles. The van der Waals surface area contributed by atoms with Crippen molar-refractivity contribution in [3.8, 4) is 0 Å². The second-order valence-electron chi connectivity index (χ2n) is 3.79. The third kappa shape index (κ3) is 3.98. The molecule has 0 aliphatic rings. The molecule has 0 spiro atoms. The number of benzene rings is 1. The maximum Gasteiger partial charge on any atom is 0.217 e. The lowest BCUT2D eigenvalue weighted by atomic mass is 10.0. The zero-order valence-electron chi connectivity index (χ0n) is 9.29. The molecule has 1 unspecified atom stereocenters. The minimum Gasteiger partial charge on any atom is -0.350 e. The molecule has 0 aliphatic carbocycles. The number of nitrogens with one attached hydrogen (secondary N) is 1. The van der Waals surface area contributed by atoms with Crippen molar-refractivity contribution in [3.63, 3.8) is 0 Å². The van der Waals surface area contributed by atoms with Gasteiger partial charge in [-0.3, -0.25) is 4.79 Å². The van der Waals surface area contributed by atoms with E-state index >= 15 is 0 Å². The normalized spacial score (nSPS) is 11.9. The van der Waals surface area contributed by atoms with Crippen LogP contribution in [0.5, 0.6) is 0 Å². The molecule has 0 fully saturated rings. The van der Waals surface area contributed by atoms with Gasteiger partial charge in [0.25, 0.3) is 0 Å². The molecule has 0 aliphatic heterocycles. The topological polar surface area (TPSA) is 29.1 Å². The van der Waals surface area contributed by atoms with Gasteiger partial charge in [0, 0.05) is 6.92 Å². The molecule has 1 atom stereocenters. The number of carbonyl (C=O) groups excluding carboxylic acids is 1. The maximum atomic E-state index is 11.0. The van der Waals surface area contributed by atoms with E-state index in [1.54, 1.807) is 0 Å². The van der Waals surface area contributed by atoms with E-state index in [-0.39, 0.29) is 11.9 Å². The van der Waals surface area contributed by atoms with Crippen LogP contribution in [0.1, 0.15) is 19.4 Å². The van der Waals surface area contributed by atoms with Crippen LogP contribution in [0.3, 0.4) is 0 Å². The molecule has 80 valence electrons. The first-order chi connectivity index (χ1) is 7.09. The van der Waals surface area contributed by atoms with Gasteiger partial charge >= 0.3 is 0 Å². The Bertz CT molecular complexity index is 343. The lowest BCUT2D eigenvalue weighted by Crippen LogP contribution is -2.35. The Morgan fingerprint density at radius 1 is 1.33 bits per heavy atom. The van der Waals surface area contributed by atoms with Crippen molar-refractivity contribution in [2.24, 2.45) is 0 Å². The van der Waals surface area contributed by atoms with E-state index in [0.717, 1.165) is 12.0 Å². The number of hydrogen-bond acceptors (Lipinski definition) is 1. The van der Waals surface area contributed by atoms with Gasteiger partial charge in [0.2, 0.25) is 5.91 Å². The molecule has 1 rings (SSSR count). The summed E-state index contributed by atoms with van der Waals surface area (Å²) in [7, 11) is 0. The Morgan fingerprint density at radius 3 is 2.40 bits per heavy atom. The van der Waals surface area contributed by atoms with Crippen molar-refractivity contribution in [2.75, 3.05) is 0 Å². The standard InChI is InChI=1S/C13H17NO/c1-10(2)13(14-11(3)15)9-12-7-5-4-6-8-12/h4-8,13H,1,9H2,2-3H3,(H,14,15). The fourth-order valence-corrected chi connectivity index (χ4v) is 1.44. The van der Waals surface area contributed by atoms with E-state index in [2.05, 4.69) is 24.0 Å². The quantitative estimate of drug-likeness (QED) is 0.747. The van der Waals surface area contributed by atoms with E-state index in [1.165, 1.54) is 12.5 Å². The molecule has 0 heterocycles. The fourth-order valence-electron chi connectivity index (χ4n) is 1.44. The predicted molar refractivity (Wildman–Crippen MR) is 62.6 cm³/mol. The van der Waals surface area contributed by atoms with Crippen LogP contribution in [0.4, 0.5) is 0 Å². The first kappa shape index (κ1) is 11.5. The van der Waals surface area contributed by atoms with Crippen LogP contribution in [0.2, 0.25) is 0 Å². The molecule has 0 bridgehead atoms. The SMILES string of the molecule is C=C(C)C(Cc1ccccc1)NC(C)=O. The lowest BCUT2D eigenvalue weighted by molar-refractivity contribution is -0.119. The smallest absolute Gasteiger partial charge is 0.217 e. The molecule has 1 N–H and O–H groups in total. The fraction of sp³-hybridized carbons (Fsp3) is 0.308. The second-order valence-corrected chi connectivity index (χ2v) is 3.79. The monoisotopic (exact) mass is 203 g/mol. The summed E-state index contributed by atoms with van der Waals surface area (Å²) < 4.78 is 0. The molecule has 0 saturated carbocycles. The Balaban J connectivity index is 2.67. The van der Waals surface area contributed by atoms with Crippen LogP contribution in [0.15, 0.2) is 42.5 Å². The molecule has 1 aromatic carbocycles. The largest absolute Gasteiger partial charge is 0.350 e. The van der Waals surface area contributed by atoms with Gasteiger partial charge in [-0.2, -0.15) is 0 Å². The molecule has 2 heteroatoms. The van der Waals surface area contributed by atoms with E-state index in [0.29, 0.717) is 0 Å². The Morgan fingerprint density at radius 2 is 1.93 bits per heavy atom. The van der Waals surface area contributed by atoms with Crippen LogP contribution >= 0.6 is 0 Å². The first-order valence-corrected chi connectivity index (χ1v) is 5.06. The molecule has 0 radical (unpaired) electrons. The third-order valence-electron chi connectivity index (χ3n) is 2.26. The minimum atomic E-state index is -0.0149. The van der Waals surface area contributed by atoms with Crippen LogP contribution < -0.4 is 5.32 Å². The average molecular weight is 203 g/mol. The first-order valence-electron chi connectivity index (χ1n) is 5.06. The van der Waals surface area contributed by atoms with E-state index in [4.69, 9.17) is 0 Å². The highest BCUT2D eigenvalue weighted by atomic mass is 16.1. The molecule has 2 nitrogen and oxygen atoms in total. The molecule has 15 heavy (non-hydrogen) atoms. The lowest BCUT2D eigenvalue weighted by Gasteiger charge is -2.17. The van der Waals surface area contributed by atoms with Crippen molar-refractivity contribution >= 4 is 5.91 Å². The van der Waals surface area contributed by atoms with Gasteiger partial charge in [0.15, 0.2) is 0 Å². The van der Waals surface area contributed by atoms with Gasteiger partial charge in [-0.25, -0.2) is 0 Å². The number of hydrogen-bond donors (Lipinski definition) is 1. The average Bonchev–Trinajstić information content (AvgIpc) is 2.17. The molecule has 0 saturated heterocycles. The summed E-state index contributed by atoms with van der Waals surface area (Å²) in [6.07, 6.45) is 0.801. The highest BCUT2D eigenvalue weighted by Gasteiger charge is 2.10. The Kier molecular flexibility index (Phi) is 4.10. The minimum absolute atomic E-state index is 0.0149. The highest BCUT2D eigenvalue weighted by molar-refractivity contribution is 5.73.